The van der Waals surface area contributed by atoms with Crippen LogP contribution in [-0.4, -0.2) is 82.3 Å². The summed E-state index contributed by atoms with van der Waals surface area (Å²) in [5.41, 5.74) is 16.8. The second-order valence-electron chi connectivity index (χ2n) is 9.26. The van der Waals surface area contributed by atoms with Crippen LogP contribution >= 0.6 is 0 Å². The van der Waals surface area contributed by atoms with Gasteiger partial charge in [0, 0.05) is 13.0 Å². The van der Waals surface area contributed by atoms with Gasteiger partial charge in [-0.15, -0.1) is 0 Å². The van der Waals surface area contributed by atoms with Gasteiger partial charge in [0.15, 0.2) is 5.96 Å². The number of hydrogen-bond donors (Lipinski definition) is 9. The predicted octanol–water partition coefficient (Wildman–Crippen LogP) is -2.11. The molecule has 1 aromatic carbocycles. The van der Waals surface area contributed by atoms with Crippen molar-refractivity contribution >= 4 is 29.7 Å². The van der Waals surface area contributed by atoms with Gasteiger partial charge in [-0.3, -0.25) is 19.4 Å². The summed E-state index contributed by atoms with van der Waals surface area (Å²) in [7, 11) is 0. The molecule has 0 radical (unpaired) electrons. The van der Waals surface area contributed by atoms with Crippen LogP contribution in [0.4, 0.5) is 0 Å². The number of phenols is 1. The van der Waals surface area contributed by atoms with E-state index in [4.69, 9.17) is 17.2 Å². The standard InChI is InChI=1S/C24H39N7O7/c1-13(2)10-19(23(37)38)31-22(36)18(11-14-5-7-15(33)8-6-14)30-21(35)17(4-3-9-28-24(26)27)29-20(34)16(25)12-32/h5-8,13,16-19,32-33H,3-4,9-12,25H2,1-2H3,(H,29,34)(H,30,35)(H,31,36)(H,37,38)(H4,26,27,28). The summed E-state index contributed by atoms with van der Waals surface area (Å²) < 4.78 is 0. The molecule has 1 rings (SSSR count). The first kappa shape index (κ1) is 32.1. The molecule has 212 valence electrons. The average Bonchev–Trinajstić information content (AvgIpc) is 2.84. The Balaban J connectivity index is 3.17. The van der Waals surface area contributed by atoms with Crippen molar-refractivity contribution in [3.8, 4) is 5.75 Å². The highest BCUT2D eigenvalue weighted by atomic mass is 16.4. The van der Waals surface area contributed by atoms with Crippen LogP contribution in [0.3, 0.4) is 0 Å². The van der Waals surface area contributed by atoms with Gasteiger partial charge in [0.05, 0.1) is 6.61 Å². The van der Waals surface area contributed by atoms with Gasteiger partial charge in [-0.05, 0) is 42.9 Å². The molecule has 0 aliphatic carbocycles. The number of aliphatic carboxylic acids is 1. The molecule has 0 aliphatic heterocycles. The molecule has 0 bridgehead atoms. The lowest BCUT2D eigenvalue weighted by atomic mass is 10.0. The Kier molecular flexibility index (Phi) is 13.6. The number of aromatic hydroxyl groups is 1. The van der Waals surface area contributed by atoms with E-state index in [2.05, 4.69) is 20.9 Å². The Morgan fingerprint density at radius 3 is 2.00 bits per heavy atom. The quantitative estimate of drug-likeness (QED) is 0.0630. The Labute approximate surface area is 221 Å². The maximum Gasteiger partial charge on any atom is 0.326 e. The van der Waals surface area contributed by atoms with Crippen LogP contribution in [0.15, 0.2) is 29.3 Å². The van der Waals surface area contributed by atoms with E-state index in [1.165, 1.54) is 12.1 Å². The number of guanidine groups is 1. The van der Waals surface area contributed by atoms with Crippen LogP contribution in [0.2, 0.25) is 0 Å². The van der Waals surface area contributed by atoms with Crippen molar-refractivity contribution in [3.05, 3.63) is 29.8 Å². The van der Waals surface area contributed by atoms with Gasteiger partial charge in [0.25, 0.3) is 0 Å². The summed E-state index contributed by atoms with van der Waals surface area (Å²) in [4.78, 5) is 54.2. The second-order valence-corrected chi connectivity index (χ2v) is 9.26. The number of hydrogen-bond acceptors (Lipinski definition) is 8. The smallest absolute Gasteiger partial charge is 0.326 e. The SMILES string of the molecule is CC(C)CC(NC(=O)C(Cc1ccc(O)cc1)NC(=O)C(CCCN=C(N)N)NC(=O)C(N)CO)C(=O)O. The summed E-state index contributed by atoms with van der Waals surface area (Å²) in [6.07, 6.45) is 0.500. The highest BCUT2D eigenvalue weighted by Gasteiger charge is 2.30. The van der Waals surface area contributed by atoms with Crippen LogP contribution in [-0.2, 0) is 25.6 Å². The van der Waals surface area contributed by atoms with Crippen LogP contribution in [0, 0.1) is 5.92 Å². The van der Waals surface area contributed by atoms with Crippen molar-refractivity contribution in [1.82, 2.24) is 16.0 Å². The Hall–Kier alpha value is -3.91. The minimum atomic E-state index is -1.27. The molecule has 14 nitrogen and oxygen atoms in total. The zero-order chi connectivity index (χ0) is 28.8. The second kappa shape index (κ2) is 16.0. The minimum absolute atomic E-state index is 0.00503. The summed E-state index contributed by atoms with van der Waals surface area (Å²) >= 11 is 0. The first-order chi connectivity index (χ1) is 17.8. The zero-order valence-corrected chi connectivity index (χ0v) is 21.6. The van der Waals surface area contributed by atoms with E-state index in [0.29, 0.717) is 5.56 Å². The number of nitrogens with one attached hydrogen (secondary N) is 3. The van der Waals surface area contributed by atoms with Crippen LogP contribution in [0.25, 0.3) is 0 Å². The molecule has 38 heavy (non-hydrogen) atoms. The molecule has 4 atom stereocenters. The third kappa shape index (κ3) is 11.9. The van der Waals surface area contributed by atoms with Crippen LogP contribution < -0.4 is 33.2 Å². The first-order valence-electron chi connectivity index (χ1n) is 12.2. The monoisotopic (exact) mass is 537 g/mol. The number of carbonyl (C=O) groups excluding carboxylic acids is 3. The Bertz CT molecular complexity index is 965. The summed E-state index contributed by atoms with van der Waals surface area (Å²) in [6.45, 7) is 3.14. The van der Waals surface area contributed by atoms with Crippen molar-refractivity contribution in [2.24, 2.45) is 28.1 Å². The first-order valence-corrected chi connectivity index (χ1v) is 12.2. The van der Waals surface area contributed by atoms with Crippen molar-refractivity contribution < 1.29 is 34.5 Å². The lowest BCUT2D eigenvalue weighted by molar-refractivity contribution is -0.142. The molecular weight excluding hydrogens is 498 g/mol. The fourth-order valence-corrected chi connectivity index (χ4v) is 3.45. The molecule has 3 amide bonds. The lowest BCUT2D eigenvalue weighted by Gasteiger charge is -2.25. The largest absolute Gasteiger partial charge is 0.508 e. The van der Waals surface area contributed by atoms with E-state index >= 15 is 0 Å². The number of carboxylic acid groups (broad SMARTS) is 1. The molecule has 4 unspecified atom stereocenters. The zero-order valence-electron chi connectivity index (χ0n) is 21.6. The third-order valence-corrected chi connectivity index (χ3v) is 5.44. The van der Waals surface area contributed by atoms with Gasteiger partial charge in [-0.1, -0.05) is 26.0 Å². The number of phenolic OH excluding ortho intramolecular Hbond substituents is 1. The van der Waals surface area contributed by atoms with E-state index in [9.17, 15) is 34.5 Å². The number of nitrogens with two attached hydrogens (primary N) is 3. The lowest BCUT2D eigenvalue weighted by Crippen LogP contribution is -2.58. The van der Waals surface area contributed by atoms with Gasteiger partial charge < -0.3 is 48.5 Å². The number of nitrogens with zero attached hydrogens (tertiary/aromatic N) is 1. The number of aliphatic hydroxyl groups is 1. The summed E-state index contributed by atoms with van der Waals surface area (Å²) in [6, 6.07) is 1.10. The highest BCUT2D eigenvalue weighted by Crippen LogP contribution is 2.13. The third-order valence-electron chi connectivity index (χ3n) is 5.44. The normalized spacial score (nSPS) is 14.0. The molecule has 0 saturated heterocycles. The van der Waals surface area contributed by atoms with Crippen molar-refractivity contribution in [1.29, 1.82) is 0 Å². The predicted molar refractivity (Wildman–Crippen MR) is 140 cm³/mol. The van der Waals surface area contributed by atoms with Gasteiger partial charge in [0.2, 0.25) is 17.7 Å². The van der Waals surface area contributed by atoms with E-state index in [0.717, 1.165) is 0 Å². The number of rotatable bonds is 16. The number of carbonyl (C=O) groups is 4. The number of aliphatic hydroxyl groups excluding tert-OH is 1. The fourth-order valence-electron chi connectivity index (χ4n) is 3.45. The van der Waals surface area contributed by atoms with Gasteiger partial charge in [-0.2, -0.15) is 0 Å². The van der Waals surface area contributed by atoms with Crippen molar-refractivity contribution in [3.63, 3.8) is 0 Å². The van der Waals surface area contributed by atoms with E-state index in [1.54, 1.807) is 12.1 Å². The molecule has 0 aliphatic rings. The van der Waals surface area contributed by atoms with Gasteiger partial charge in [0.1, 0.15) is 29.9 Å². The van der Waals surface area contributed by atoms with Crippen molar-refractivity contribution in [2.75, 3.05) is 13.2 Å². The van der Waals surface area contributed by atoms with Crippen LogP contribution in [0.1, 0.15) is 38.7 Å². The van der Waals surface area contributed by atoms with E-state index < -0.39 is 54.5 Å². The molecule has 0 saturated carbocycles. The van der Waals surface area contributed by atoms with Crippen molar-refractivity contribution in [2.45, 2.75) is 63.7 Å². The molecule has 12 N–H and O–H groups in total. The summed E-state index contributed by atoms with van der Waals surface area (Å²) in [5.74, 6) is -3.63. The maximum atomic E-state index is 13.2. The Morgan fingerprint density at radius 1 is 0.921 bits per heavy atom. The number of amides is 3. The Morgan fingerprint density at radius 2 is 1.47 bits per heavy atom. The molecule has 0 fully saturated rings. The molecule has 1 aromatic rings. The fraction of sp³-hybridized carbons (Fsp3) is 0.542. The molecule has 0 spiro atoms. The van der Waals surface area contributed by atoms with E-state index in [1.807, 2.05) is 13.8 Å². The number of benzene rings is 1. The maximum absolute atomic E-state index is 13.2. The van der Waals surface area contributed by atoms with Gasteiger partial charge in [-0.25, -0.2) is 4.79 Å². The molecular formula is C24H39N7O7. The molecule has 0 aromatic heterocycles. The van der Waals surface area contributed by atoms with E-state index in [-0.39, 0.29) is 49.9 Å². The summed E-state index contributed by atoms with van der Waals surface area (Å²) in [5, 5.41) is 35.8. The minimum Gasteiger partial charge on any atom is -0.508 e. The molecule has 0 heterocycles. The van der Waals surface area contributed by atoms with Crippen LogP contribution in [0.5, 0.6) is 5.75 Å². The highest BCUT2D eigenvalue weighted by molar-refractivity contribution is 5.94. The topological polar surface area (TPSA) is 255 Å². The number of carboxylic acids is 1. The van der Waals surface area contributed by atoms with Gasteiger partial charge >= 0.3 is 5.97 Å². The average molecular weight is 538 g/mol. The number of aliphatic imine (C=N–C) groups is 1. The molecule has 14 heteroatoms.